The van der Waals surface area contributed by atoms with Gasteiger partial charge in [-0.2, -0.15) is 5.26 Å². The van der Waals surface area contributed by atoms with E-state index in [2.05, 4.69) is 22.8 Å². The van der Waals surface area contributed by atoms with Crippen molar-refractivity contribution in [1.29, 1.82) is 5.26 Å². The zero-order valence-corrected chi connectivity index (χ0v) is 18.7. The molecule has 0 atom stereocenters. The van der Waals surface area contributed by atoms with Gasteiger partial charge in [0.15, 0.2) is 0 Å². The van der Waals surface area contributed by atoms with Crippen LogP contribution in [0.2, 0.25) is 0 Å². The number of aryl methyl sites for hydroxylation is 1. The largest absolute Gasteiger partial charge is 0.308 e. The number of hydrogen-bond acceptors (Lipinski definition) is 3. The second-order valence-corrected chi connectivity index (χ2v) is 8.56. The Balaban J connectivity index is 1.74. The van der Waals surface area contributed by atoms with E-state index in [0.29, 0.717) is 22.4 Å². The van der Waals surface area contributed by atoms with Crippen LogP contribution in [0.3, 0.4) is 0 Å². The van der Waals surface area contributed by atoms with E-state index in [-0.39, 0.29) is 11.8 Å². The molecule has 34 heavy (non-hydrogen) atoms. The number of para-hydroxylation sites is 1. The summed E-state index contributed by atoms with van der Waals surface area (Å²) in [4.78, 5) is 26.9. The predicted octanol–water partition coefficient (Wildman–Crippen LogP) is 5.86. The summed E-state index contributed by atoms with van der Waals surface area (Å²) in [6.45, 7) is 2.01. The minimum absolute atomic E-state index is 0.281. The lowest BCUT2D eigenvalue weighted by Crippen LogP contribution is -2.24. The highest BCUT2D eigenvalue weighted by Crippen LogP contribution is 2.41. The summed E-state index contributed by atoms with van der Waals surface area (Å²) >= 11 is 0. The maximum absolute atomic E-state index is 13.1. The Morgan fingerprint density at radius 3 is 2.29 bits per heavy atom. The second-order valence-electron chi connectivity index (χ2n) is 8.56. The first-order valence-electron chi connectivity index (χ1n) is 11.0. The highest BCUT2D eigenvalue weighted by Gasteiger charge is 2.35. The Morgan fingerprint density at radius 1 is 0.765 bits per heavy atom. The fourth-order valence-electron chi connectivity index (χ4n) is 5.11. The van der Waals surface area contributed by atoms with Crippen molar-refractivity contribution in [2.75, 3.05) is 7.05 Å². The van der Waals surface area contributed by atoms with Crippen LogP contribution >= 0.6 is 0 Å². The topological polar surface area (TPSA) is 66.1 Å². The number of hydrogen-bond donors (Lipinski definition) is 0. The Bertz CT molecular complexity index is 1740. The van der Waals surface area contributed by atoms with Crippen molar-refractivity contribution >= 4 is 33.6 Å². The summed E-state index contributed by atoms with van der Waals surface area (Å²) in [6, 6.07) is 27.6. The molecule has 0 aliphatic carbocycles. The van der Waals surface area contributed by atoms with Gasteiger partial charge in [-0.15, -0.1) is 0 Å². The molecule has 5 aromatic rings. The summed E-state index contributed by atoms with van der Waals surface area (Å²) < 4.78 is 2.08. The van der Waals surface area contributed by atoms with Crippen LogP contribution in [0.15, 0.2) is 78.9 Å². The van der Waals surface area contributed by atoms with Crippen LogP contribution in [0.25, 0.3) is 38.6 Å². The molecular formula is C29H19N3O2. The number of rotatable bonds is 2. The third-order valence-corrected chi connectivity index (χ3v) is 6.68. The molecule has 0 saturated heterocycles. The molecular weight excluding hydrogens is 422 g/mol. The van der Waals surface area contributed by atoms with Gasteiger partial charge >= 0.3 is 0 Å². The summed E-state index contributed by atoms with van der Waals surface area (Å²) in [6.07, 6.45) is 0. The third kappa shape index (κ3) is 2.60. The van der Waals surface area contributed by atoms with Crippen molar-refractivity contribution in [3.8, 4) is 22.9 Å². The molecule has 0 unspecified atom stereocenters. The van der Waals surface area contributed by atoms with Crippen LogP contribution in [0.4, 0.5) is 0 Å². The number of amides is 2. The lowest BCUT2D eigenvalue weighted by Gasteiger charge is -2.12. The number of nitriles is 1. The number of carbonyl (C=O) groups excluding carboxylic acids is 2. The maximum Gasteiger partial charge on any atom is 0.263 e. The first-order chi connectivity index (χ1) is 16.5. The molecule has 0 radical (unpaired) electrons. The van der Waals surface area contributed by atoms with E-state index in [1.165, 1.54) is 11.9 Å². The molecule has 0 spiro atoms. The normalized spacial score (nSPS) is 13.0. The summed E-state index contributed by atoms with van der Waals surface area (Å²) in [5.74, 6) is -0.572. The van der Waals surface area contributed by atoms with Crippen LogP contribution < -0.4 is 0 Å². The molecule has 0 bridgehead atoms. The first-order valence-corrected chi connectivity index (χ1v) is 11.0. The van der Waals surface area contributed by atoms with Gasteiger partial charge in [-0.05, 0) is 60.0 Å². The van der Waals surface area contributed by atoms with Gasteiger partial charge in [-0.25, -0.2) is 0 Å². The van der Waals surface area contributed by atoms with Gasteiger partial charge in [0.05, 0.1) is 39.5 Å². The highest BCUT2D eigenvalue weighted by molar-refractivity contribution is 6.24. The molecule has 5 nitrogen and oxygen atoms in total. The number of fused-ring (bicyclic) bond motifs is 4. The molecule has 162 valence electrons. The van der Waals surface area contributed by atoms with Gasteiger partial charge in [0.1, 0.15) is 0 Å². The van der Waals surface area contributed by atoms with Crippen molar-refractivity contribution in [2.24, 2.45) is 0 Å². The Hall–Kier alpha value is -4.69. The molecule has 0 saturated carbocycles. The molecule has 4 aromatic carbocycles. The molecule has 1 aliphatic heterocycles. The van der Waals surface area contributed by atoms with E-state index in [9.17, 15) is 14.9 Å². The third-order valence-electron chi connectivity index (χ3n) is 6.68. The summed E-state index contributed by atoms with van der Waals surface area (Å²) in [5, 5.41) is 11.4. The van der Waals surface area contributed by atoms with E-state index in [1.807, 2.05) is 67.6 Å². The van der Waals surface area contributed by atoms with Crippen LogP contribution in [0, 0.1) is 18.3 Å². The van der Waals surface area contributed by atoms with Crippen molar-refractivity contribution < 1.29 is 9.59 Å². The Morgan fingerprint density at radius 2 is 1.50 bits per heavy atom. The Kier molecular flexibility index (Phi) is 4.20. The van der Waals surface area contributed by atoms with Crippen molar-refractivity contribution in [3.05, 3.63) is 101 Å². The lowest BCUT2D eigenvalue weighted by atomic mass is 9.95. The molecule has 5 heteroatoms. The highest BCUT2D eigenvalue weighted by atomic mass is 16.2. The number of imide groups is 1. The number of aromatic nitrogens is 1. The van der Waals surface area contributed by atoms with Gasteiger partial charge < -0.3 is 4.57 Å². The van der Waals surface area contributed by atoms with Gasteiger partial charge in [0.25, 0.3) is 11.8 Å². The average molecular weight is 441 g/mol. The van der Waals surface area contributed by atoms with Crippen molar-refractivity contribution in [2.45, 2.75) is 6.92 Å². The van der Waals surface area contributed by atoms with E-state index in [1.54, 1.807) is 6.07 Å². The lowest BCUT2D eigenvalue weighted by molar-refractivity contribution is 0.0693. The van der Waals surface area contributed by atoms with E-state index in [4.69, 9.17) is 0 Å². The maximum atomic E-state index is 13.1. The molecule has 0 fully saturated rings. The van der Waals surface area contributed by atoms with Crippen LogP contribution in [-0.2, 0) is 0 Å². The minimum atomic E-state index is -0.291. The smallest absolute Gasteiger partial charge is 0.263 e. The fraction of sp³-hybridized carbons (Fsp3) is 0.0690. The minimum Gasteiger partial charge on any atom is -0.308 e. The zero-order chi connectivity index (χ0) is 23.6. The molecule has 0 N–H and O–H groups in total. The molecule has 1 aromatic heterocycles. The average Bonchev–Trinajstić information content (AvgIpc) is 3.31. The quantitative estimate of drug-likeness (QED) is 0.323. The summed E-state index contributed by atoms with van der Waals surface area (Å²) in [5.41, 5.74) is 7.21. The zero-order valence-electron chi connectivity index (χ0n) is 18.7. The van der Waals surface area contributed by atoms with Gasteiger partial charge in [-0.3, -0.25) is 14.5 Å². The molecule has 2 amide bonds. The van der Waals surface area contributed by atoms with E-state index < -0.39 is 0 Å². The first kappa shape index (κ1) is 20.0. The van der Waals surface area contributed by atoms with Gasteiger partial charge in [0, 0.05) is 17.8 Å². The van der Waals surface area contributed by atoms with Crippen LogP contribution in [0.5, 0.6) is 0 Å². The monoisotopic (exact) mass is 441 g/mol. The van der Waals surface area contributed by atoms with E-state index in [0.717, 1.165) is 38.5 Å². The van der Waals surface area contributed by atoms with Gasteiger partial charge in [0.2, 0.25) is 0 Å². The number of benzene rings is 4. The number of nitrogens with zero attached hydrogens (tertiary/aromatic N) is 3. The molecule has 2 heterocycles. The summed E-state index contributed by atoms with van der Waals surface area (Å²) in [7, 11) is 1.52. The SMILES string of the molecule is Cc1cc(C#N)ccc1-c1cccc2c1c1ccccc1n2-c1cccc2c1C(=O)N(C)C2=O. The second kappa shape index (κ2) is 7.16. The van der Waals surface area contributed by atoms with Crippen LogP contribution in [0.1, 0.15) is 31.8 Å². The molecule has 6 rings (SSSR count). The standard InChI is InChI=1S/C29H19N3O2/c1-17-15-18(16-30)13-14-19(17)20-8-5-11-24-26(20)21-7-3-4-10-23(21)32(24)25-12-6-9-22-27(25)29(34)31(2)28(22)33/h3-15H,1-2H3. The van der Waals surface area contributed by atoms with Crippen molar-refractivity contribution in [3.63, 3.8) is 0 Å². The van der Waals surface area contributed by atoms with E-state index >= 15 is 0 Å². The Labute approximate surface area is 196 Å². The predicted molar refractivity (Wildman–Crippen MR) is 132 cm³/mol. The fourth-order valence-corrected chi connectivity index (χ4v) is 5.11. The van der Waals surface area contributed by atoms with Crippen molar-refractivity contribution in [1.82, 2.24) is 9.47 Å². The van der Waals surface area contributed by atoms with Crippen LogP contribution in [-0.4, -0.2) is 28.3 Å². The number of carbonyl (C=O) groups is 2. The van der Waals surface area contributed by atoms with Gasteiger partial charge in [-0.1, -0.05) is 42.5 Å². The molecule has 1 aliphatic rings.